The van der Waals surface area contributed by atoms with Crippen LogP contribution in [0.1, 0.15) is 13.8 Å². The van der Waals surface area contributed by atoms with Crippen LogP contribution in [0.15, 0.2) is 60.8 Å². The lowest BCUT2D eigenvalue weighted by Crippen LogP contribution is -1.78. The fourth-order valence-electron chi connectivity index (χ4n) is 0.833. The molecular weight excluding hydrogens is 144 g/mol. The summed E-state index contributed by atoms with van der Waals surface area (Å²) in [5, 5.41) is 0. The topological polar surface area (TPSA) is 0 Å². The molecule has 0 aliphatic rings. The van der Waals surface area contributed by atoms with E-state index in [4.69, 9.17) is 0 Å². The summed E-state index contributed by atoms with van der Waals surface area (Å²) in [5.41, 5.74) is 2.31. The van der Waals surface area contributed by atoms with Crippen LogP contribution in [-0.2, 0) is 0 Å². The first-order valence-electron chi connectivity index (χ1n) is 4.01. The van der Waals surface area contributed by atoms with Crippen LogP contribution in [0.4, 0.5) is 0 Å². The van der Waals surface area contributed by atoms with E-state index in [0.717, 1.165) is 5.57 Å². The third-order valence-corrected chi connectivity index (χ3v) is 1.51. The zero-order valence-corrected chi connectivity index (χ0v) is 7.88. The van der Waals surface area contributed by atoms with Crippen LogP contribution < -0.4 is 0 Å². The second kappa shape index (κ2) is 6.41. The van der Waals surface area contributed by atoms with Crippen molar-refractivity contribution in [2.24, 2.45) is 0 Å². The average molecular weight is 160 g/mol. The molecule has 12 heavy (non-hydrogen) atoms. The van der Waals surface area contributed by atoms with Crippen LogP contribution >= 0.6 is 0 Å². The van der Waals surface area contributed by atoms with Gasteiger partial charge in [-0.1, -0.05) is 49.6 Å². The maximum atomic E-state index is 3.74. The van der Waals surface area contributed by atoms with Crippen molar-refractivity contribution in [1.82, 2.24) is 0 Å². The van der Waals surface area contributed by atoms with Crippen molar-refractivity contribution in [3.8, 4) is 0 Å². The Bertz CT molecular complexity index is 237. The molecule has 0 heterocycles. The van der Waals surface area contributed by atoms with Gasteiger partial charge in [-0.15, -0.1) is 0 Å². The SMILES string of the molecule is C=C/C=C(C)/C(C=C)=C/C=C\C. The highest BCUT2D eigenvalue weighted by molar-refractivity contribution is 5.41. The molecule has 0 aliphatic carbocycles. The highest BCUT2D eigenvalue weighted by atomic mass is 14.0. The maximum absolute atomic E-state index is 3.74. The number of hydrogen-bond donors (Lipinski definition) is 0. The Morgan fingerprint density at radius 2 is 1.83 bits per heavy atom. The lowest BCUT2D eigenvalue weighted by Gasteiger charge is -1.98. The molecule has 64 valence electrons. The van der Waals surface area contributed by atoms with E-state index in [1.54, 1.807) is 6.08 Å². The fraction of sp³-hybridized carbons (Fsp3) is 0.167. The molecule has 0 aliphatic heterocycles. The van der Waals surface area contributed by atoms with E-state index >= 15 is 0 Å². The van der Waals surface area contributed by atoms with E-state index in [0.29, 0.717) is 0 Å². The summed E-state index contributed by atoms with van der Waals surface area (Å²) in [6, 6.07) is 0. The van der Waals surface area contributed by atoms with Gasteiger partial charge in [0.1, 0.15) is 0 Å². The third kappa shape index (κ3) is 3.77. The van der Waals surface area contributed by atoms with Crippen molar-refractivity contribution in [3.05, 3.63) is 60.8 Å². The molecule has 0 spiro atoms. The molecule has 0 bridgehead atoms. The van der Waals surface area contributed by atoms with Gasteiger partial charge in [-0.2, -0.15) is 0 Å². The Kier molecular flexibility index (Phi) is 5.72. The summed E-state index contributed by atoms with van der Waals surface area (Å²) in [7, 11) is 0. The molecule has 0 aromatic heterocycles. The Hall–Kier alpha value is -1.30. The zero-order valence-electron chi connectivity index (χ0n) is 7.88. The van der Waals surface area contributed by atoms with Crippen molar-refractivity contribution < 1.29 is 0 Å². The van der Waals surface area contributed by atoms with Gasteiger partial charge in [-0.3, -0.25) is 0 Å². The van der Waals surface area contributed by atoms with Crippen molar-refractivity contribution in [1.29, 1.82) is 0 Å². The second-order valence-corrected chi connectivity index (χ2v) is 2.44. The molecule has 0 amide bonds. The summed E-state index contributed by atoms with van der Waals surface area (Å²) >= 11 is 0. The van der Waals surface area contributed by atoms with Crippen LogP contribution in [0.5, 0.6) is 0 Å². The van der Waals surface area contributed by atoms with Crippen LogP contribution in [-0.4, -0.2) is 0 Å². The monoisotopic (exact) mass is 160 g/mol. The minimum atomic E-state index is 1.13. The van der Waals surface area contributed by atoms with Crippen LogP contribution in [0.25, 0.3) is 0 Å². The van der Waals surface area contributed by atoms with E-state index in [1.165, 1.54) is 5.57 Å². The molecule has 0 N–H and O–H groups in total. The molecule has 0 rings (SSSR count). The molecule has 0 unspecified atom stereocenters. The first kappa shape index (κ1) is 10.7. The van der Waals surface area contributed by atoms with Gasteiger partial charge in [0, 0.05) is 0 Å². The van der Waals surface area contributed by atoms with Crippen LogP contribution in [0.2, 0.25) is 0 Å². The summed E-state index contributed by atoms with van der Waals surface area (Å²) in [5.74, 6) is 0. The van der Waals surface area contributed by atoms with E-state index < -0.39 is 0 Å². The molecular formula is C12H16. The van der Waals surface area contributed by atoms with Crippen LogP contribution in [0.3, 0.4) is 0 Å². The van der Waals surface area contributed by atoms with Gasteiger partial charge in [0.15, 0.2) is 0 Å². The Balaban J connectivity index is 4.65. The second-order valence-electron chi connectivity index (χ2n) is 2.44. The Morgan fingerprint density at radius 3 is 2.25 bits per heavy atom. The summed E-state index contributed by atoms with van der Waals surface area (Å²) < 4.78 is 0. The predicted molar refractivity (Wildman–Crippen MR) is 57.0 cm³/mol. The summed E-state index contributed by atoms with van der Waals surface area (Å²) in [4.78, 5) is 0. The van der Waals surface area contributed by atoms with E-state index in [9.17, 15) is 0 Å². The largest absolute Gasteiger partial charge is 0.0991 e. The smallest absolute Gasteiger partial charge is 0.0233 e. The predicted octanol–water partition coefficient (Wildman–Crippen LogP) is 3.81. The van der Waals surface area contributed by atoms with Gasteiger partial charge in [0.25, 0.3) is 0 Å². The minimum Gasteiger partial charge on any atom is -0.0991 e. The first-order chi connectivity index (χ1) is 5.76. The standard InChI is InChI=1S/C12H16/c1-5-8-10-12(7-3)11(4)9-6-2/h5-10H,2-3H2,1,4H3/b8-5-,11-9+,12-10+. The first-order valence-corrected chi connectivity index (χ1v) is 4.01. The van der Waals surface area contributed by atoms with Crippen molar-refractivity contribution in [2.75, 3.05) is 0 Å². The van der Waals surface area contributed by atoms with Gasteiger partial charge >= 0.3 is 0 Å². The Morgan fingerprint density at radius 1 is 1.17 bits per heavy atom. The van der Waals surface area contributed by atoms with Crippen molar-refractivity contribution in [3.63, 3.8) is 0 Å². The number of allylic oxidation sites excluding steroid dienone is 8. The molecule has 0 radical (unpaired) electrons. The highest BCUT2D eigenvalue weighted by Gasteiger charge is 1.90. The molecule has 0 aromatic rings. The van der Waals surface area contributed by atoms with Gasteiger partial charge in [-0.05, 0) is 25.0 Å². The Labute approximate surface area is 75.3 Å². The van der Waals surface area contributed by atoms with Gasteiger partial charge in [-0.25, -0.2) is 0 Å². The minimum absolute atomic E-state index is 1.13. The maximum Gasteiger partial charge on any atom is -0.0233 e. The van der Waals surface area contributed by atoms with E-state index in [2.05, 4.69) is 13.2 Å². The fourth-order valence-corrected chi connectivity index (χ4v) is 0.833. The lowest BCUT2D eigenvalue weighted by atomic mass is 10.1. The summed E-state index contributed by atoms with van der Waals surface area (Å²) in [6.45, 7) is 11.4. The van der Waals surface area contributed by atoms with Gasteiger partial charge in [0.2, 0.25) is 0 Å². The van der Waals surface area contributed by atoms with Crippen LogP contribution in [0, 0.1) is 0 Å². The zero-order chi connectivity index (χ0) is 9.40. The summed E-state index contributed by atoms with van der Waals surface area (Å²) in [6.07, 6.45) is 11.6. The lowest BCUT2D eigenvalue weighted by molar-refractivity contribution is 1.43. The molecule has 0 saturated heterocycles. The van der Waals surface area contributed by atoms with Crippen molar-refractivity contribution in [2.45, 2.75) is 13.8 Å². The van der Waals surface area contributed by atoms with E-state index in [1.807, 2.05) is 44.2 Å². The van der Waals surface area contributed by atoms with Crippen molar-refractivity contribution >= 4 is 0 Å². The van der Waals surface area contributed by atoms with E-state index in [-0.39, 0.29) is 0 Å². The molecule has 0 nitrogen and oxygen atoms in total. The quantitative estimate of drug-likeness (QED) is 0.549. The molecule has 0 atom stereocenters. The molecule has 0 heteroatoms. The highest BCUT2D eigenvalue weighted by Crippen LogP contribution is 2.10. The molecule has 0 aromatic carbocycles. The number of hydrogen-bond acceptors (Lipinski definition) is 0. The normalized spacial score (nSPS) is 13.5. The van der Waals surface area contributed by atoms with Gasteiger partial charge in [0.05, 0.1) is 0 Å². The average Bonchev–Trinajstić information content (AvgIpc) is 2.06. The molecule has 0 saturated carbocycles. The van der Waals surface area contributed by atoms with Gasteiger partial charge < -0.3 is 0 Å². The number of rotatable bonds is 4. The molecule has 0 fully saturated rings. The third-order valence-electron chi connectivity index (χ3n) is 1.51.